The monoisotopic (exact) mass is 562 g/mol. The van der Waals surface area contributed by atoms with Crippen LogP contribution in [0.15, 0.2) is 90.1 Å². The van der Waals surface area contributed by atoms with Crippen LogP contribution < -0.4 is 9.62 Å². The summed E-state index contributed by atoms with van der Waals surface area (Å²) in [7, 11) is -0.505. The van der Waals surface area contributed by atoms with Crippen molar-refractivity contribution >= 4 is 21.6 Å². The van der Waals surface area contributed by atoms with Gasteiger partial charge in [0.25, 0.3) is 0 Å². The molecule has 1 amide bonds. The zero-order valence-electron chi connectivity index (χ0n) is 22.3. The summed E-state index contributed by atoms with van der Waals surface area (Å²) in [6.45, 7) is 0.228. The lowest BCUT2D eigenvalue weighted by atomic mass is 10.0. The van der Waals surface area contributed by atoms with E-state index in [0.29, 0.717) is 24.4 Å². The van der Waals surface area contributed by atoms with Crippen LogP contribution in [0, 0.1) is 5.82 Å². The number of sulfonamides is 1. The first-order valence-electron chi connectivity index (χ1n) is 13.0. The van der Waals surface area contributed by atoms with Crippen molar-refractivity contribution in [2.24, 2.45) is 7.05 Å². The number of benzene rings is 3. The number of nitrogens with one attached hydrogen (secondary N) is 1. The molecule has 10 heteroatoms. The van der Waals surface area contributed by atoms with Crippen LogP contribution in [0.4, 0.5) is 10.1 Å². The normalized spacial score (nSPS) is 15.5. The number of rotatable bonds is 10. The summed E-state index contributed by atoms with van der Waals surface area (Å²) in [6.07, 6.45) is 4.41. The Morgan fingerprint density at radius 2 is 1.95 bits per heavy atom. The van der Waals surface area contributed by atoms with E-state index in [1.807, 2.05) is 66.3 Å². The summed E-state index contributed by atoms with van der Waals surface area (Å²) in [4.78, 5) is 19.8. The highest BCUT2D eigenvalue weighted by Crippen LogP contribution is 2.36. The molecule has 4 aromatic rings. The van der Waals surface area contributed by atoms with Gasteiger partial charge in [0.05, 0.1) is 24.0 Å². The van der Waals surface area contributed by atoms with Gasteiger partial charge in [-0.15, -0.1) is 0 Å². The van der Waals surface area contributed by atoms with Crippen molar-refractivity contribution in [3.8, 4) is 0 Å². The number of nitrogens with zero attached hydrogens (tertiary/aromatic N) is 3. The lowest BCUT2D eigenvalue weighted by Crippen LogP contribution is -2.33. The Balaban J connectivity index is 1.45. The molecule has 208 valence electrons. The van der Waals surface area contributed by atoms with Crippen LogP contribution in [0.1, 0.15) is 47.5 Å². The molecule has 1 aromatic heterocycles. The fourth-order valence-corrected chi connectivity index (χ4v) is 6.34. The molecular formula is C30H31FN4O4S. The number of halogens is 1. The van der Waals surface area contributed by atoms with E-state index in [4.69, 9.17) is 4.74 Å². The Bertz CT molecular complexity index is 1610. The van der Waals surface area contributed by atoms with Crippen molar-refractivity contribution in [3.05, 3.63) is 114 Å². The van der Waals surface area contributed by atoms with Gasteiger partial charge in [-0.2, -0.15) is 0 Å². The second-order valence-corrected chi connectivity index (χ2v) is 11.5. The largest absolute Gasteiger partial charge is 0.376 e. The van der Waals surface area contributed by atoms with Gasteiger partial charge in [0.1, 0.15) is 11.6 Å². The Hall–Kier alpha value is -3.86. The number of aromatic nitrogens is 2. The number of methoxy groups -OCH3 is 1. The maximum absolute atomic E-state index is 13.8. The van der Waals surface area contributed by atoms with Crippen LogP contribution in [0.2, 0.25) is 0 Å². The van der Waals surface area contributed by atoms with Crippen LogP contribution in [-0.4, -0.2) is 31.0 Å². The highest BCUT2D eigenvalue weighted by atomic mass is 32.2. The summed E-state index contributed by atoms with van der Waals surface area (Å²) < 4.78 is 50.1. The minimum Gasteiger partial charge on any atom is -0.376 e. The van der Waals surface area contributed by atoms with Crippen LogP contribution in [0.5, 0.6) is 0 Å². The molecule has 1 aliphatic rings. The van der Waals surface area contributed by atoms with Crippen LogP contribution >= 0.6 is 0 Å². The number of fused-ring (bicyclic) bond motifs is 1. The van der Waals surface area contributed by atoms with E-state index in [1.54, 1.807) is 18.2 Å². The summed E-state index contributed by atoms with van der Waals surface area (Å²) in [5.74, 6) is -0.0790. The van der Waals surface area contributed by atoms with Gasteiger partial charge >= 0.3 is 0 Å². The SMILES string of the molecule is COC(CC(=O)N(Cc1nccn1C)c1ccc2c(c1)C(NS(=O)(=O)c1cccc(F)c1)CC2)c1ccccc1. The van der Waals surface area contributed by atoms with Gasteiger partial charge in [0.2, 0.25) is 15.9 Å². The van der Waals surface area contributed by atoms with Crippen LogP contribution in [-0.2, 0) is 39.6 Å². The first kappa shape index (κ1) is 27.7. The van der Waals surface area contributed by atoms with Gasteiger partial charge < -0.3 is 14.2 Å². The van der Waals surface area contributed by atoms with Gasteiger partial charge in [0.15, 0.2) is 0 Å². The molecule has 0 bridgehead atoms. The molecule has 0 aliphatic heterocycles. The number of aryl methyl sites for hydroxylation is 2. The van der Waals surface area contributed by atoms with E-state index < -0.39 is 28.0 Å². The maximum Gasteiger partial charge on any atom is 0.241 e. The molecule has 0 saturated carbocycles. The molecule has 1 heterocycles. The standard InChI is InChI=1S/C30H31FN4O4S/c1-34-16-15-32-29(34)20-35(30(36)19-28(39-2)22-7-4-3-5-8-22)24-13-11-21-12-14-27(26(21)18-24)33-40(37,38)25-10-6-9-23(31)17-25/h3-11,13,15-18,27-28,33H,12,14,19-20H2,1-2H3. The van der Waals surface area contributed by atoms with E-state index in [0.717, 1.165) is 22.8 Å². The number of amides is 1. The molecule has 0 spiro atoms. The van der Waals surface area contributed by atoms with Gasteiger partial charge in [-0.05, 0) is 59.9 Å². The lowest BCUT2D eigenvalue weighted by Gasteiger charge is -2.26. The summed E-state index contributed by atoms with van der Waals surface area (Å²) in [5, 5.41) is 0. The van der Waals surface area contributed by atoms with Crippen LogP contribution in [0.25, 0.3) is 0 Å². The number of hydrogen-bond donors (Lipinski definition) is 1. The molecular weight excluding hydrogens is 531 g/mol. The second-order valence-electron chi connectivity index (χ2n) is 9.83. The quantitative estimate of drug-likeness (QED) is 0.299. The van der Waals surface area contributed by atoms with Crippen molar-refractivity contribution < 1.29 is 22.3 Å². The first-order chi connectivity index (χ1) is 19.2. The minimum atomic E-state index is -3.96. The van der Waals surface area contributed by atoms with Gasteiger partial charge in [-0.25, -0.2) is 22.5 Å². The predicted molar refractivity (Wildman–Crippen MR) is 149 cm³/mol. The van der Waals surface area contributed by atoms with Gasteiger partial charge in [-0.3, -0.25) is 4.79 Å². The molecule has 40 heavy (non-hydrogen) atoms. The van der Waals surface area contributed by atoms with Crippen molar-refractivity contribution in [2.75, 3.05) is 12.0 Å². The van der Waals surface area contributed by atoms with E-state index in [1.165, 1.54) is 18.2 Å². The fourth-order valence-electron chi connectivity index (χ4n) is 5.06. The number of hydrogen-bond acceptors (Lipinski definition) is 5. The minimum absolute atomic E-state index is 0.109. The molecule has 2 atom stereocenters. The van der Waals surface area contributed by atoms with Gasteiger partial charge in [-0.1, -0.05) is 42.5 Å². The van der Waals surface area contributed by atoms with Crippen molar-refractivity contribution in [1.29, 1.82) is 0 Å². The van der Waals surface area contributed by atoms with E-state index in [9.17, 15) is 17.6 Å². The first-order valence-corrected chi connectivity index (χ1v) is 14.5. The summed E-state index contributed by atoms with van der Waals surface area (Å²) in [5.41, 5.74) is 3.32. The number of carbonyl (C=O) groups excluding carboxylic acids is 1. The molecule has 1 aliphatic carbocycles. The molecule has 5 rings (SSSR count). The average molecular weight is 563 g/mol. The number of ether oxygens (including phenoxy) is 1. The Kier molecular flexibility index (Phi) is 8.11. The van der Waals surface area contributed by atoms with Crippen molar-refractivity contribution in [3.63, 3.8) is 0 Å². The summed E-state index contributed by atoms with van der Waals surface area (Å²) in [6, 6.07) is 19.7. The third-order valence-corrected chi connectivity index (χ3v) is 8.73. The molecule has 3 aromatic carbocycles. The number of imidazole rings is 1. The topological polar surface area (TPSA) is 93.5 Å². The van der Waals surface area contributed by atoms with E-state index in [2.05, 4.69) is 9.71 Å². The lowest BCUT2D eigenvalue weighted by molar-refractivity contribution is -0.121. The molecule has 2 unspecified atom stereocenters. The zero-order valence-corrected chi connectivity index (χ0v) is 23.1. The third kappa shape index (κ3) is 5.99. The molecule has 0 fully saturated rings. The van der Waals surface area contributed by atoms with Crippen molar-refractivity contribution in [1.82, 2.24) is 14.3 Å². The predicted octanol–water partition coefficient (Wildman–Crippen LogP) is 4.84. The molecule has 0 radical (unpaired) electrons. The third-order valence-electron chi connectivity index (χ3n) is 7.26. The maximum atomic E-state index is 13.8. The molecule has 0 saturated heterocycles. The van der Waals surface area contributed by atoms with E-state index in [-0.39, 0.29) is 23.8 Å². The Morgan fingerprint density at radius 3 is 2.65 bits per heavy atom. The van der Waals surface area contributed by atoms with E-state index >= 15 is 0 Å². The highest BCUT2D eigenvalue weighted by Gasteiger charge is 2.30. The van der Waals surface area contributed by atoms with Crippen molar-refractivity contribution in [2.45, 2.75) is 42.8 Å². The number of carbonyl (C=O) groups is 1. The molecule has 1 N–H and O–H groups in total. The average Bonchev–Trinajstić information content (AvgIpc) is 3.55. The smallest absolute Gasteiger partial charge is 0.241 e. The van der Waals surface area contributed by atoms with Crippen LogP contribution in [0.3, 0.4) is 0 Å². The summed E-state index contributed by atoms with van der Waals surface area (Å²) >= 11 is 0. The Labute approximate surface area is 233 Å². The molecule has 8 nitrogen and oxygen atoms in total. The van der Waals surface area contributed by atoms with Gasteiger partial charge in [0, 0.05) is 38.3 Å². The second kappa shape index (κ2) is 11.7. The zero-order chi connectivity index (χ0) is 28.3. The fraction of sp³-hybridized carbons (Fsp3) is 0.267. The Morgan fingerprint density at radius 1 is 1.15 bits per heavy atom. The number of anilines is 1. The highest BCUT2D eigenvalue weighted by molar-refractivity contribution is 7.89.